The topological polar surface area (TPSA) is 87.9 Å². The van der Waals surface area contributed by atoms with Crippen molar-refractivity contribution in [1.29, 1.82) is 5.26 Å². The van der Waals surface area contributed by atoms with Crippen molar-refractivity contribution in [3.8, 4) is 11.8 Å². The Hall–Kier alpha value is -3.33. The predicted molar refractivity (Wildman–Crippen MR) is 99.5 cm³/mol. The summed E-state index contributed by atoms with van der Waals surface area (Å²) in [6.07, 6.45) is 3.31. The highest BCUT2D eigenvalue weighted by atomic mass is 16.5. The molecule has 0 aliphatic carbocycles. The molecule has 0 aliphatic rings. The normalized spacial score (nSPS) is 10.6. The summed E-state index contributed by atoms with van der Waals surface area (Å²) in [6, 6.07) is 12.8. The number of rotatable bonds is 6. The summed E-state index contributed by atoms with van der Waals surface area (Å²) in [5.41, 5.74) is 0.886. The fraction of sp³-hybridized carbons (Fsp3) is 0.250. The number of nitrogens with zero attached hydrogens (tertiary/aromatic N) is 2. The molecule has 6 heteroatoms. The number of hydrogen-bond donors (Lipinski definition) is 1. The highest BCUT2D eigenvalue weighted by Crippen LogP contribution is 2.13. The molecule has 6 nitrogen and oxygen atoms in total. The lowest BCUT2D eigenvalue weighted by atomic mass is 10.1. The average Bonchev–Trinajstić information content (AvgIpc) is 2.65. The molecule has 0 amide bonds. The number of fused-ring (bicyclic) bond motifs is 1. The van der Waals surface area contributed by atoms with Crippen LogP contribution in [0.25, 0.3) is 10.9 Å². The van der Waals surface area contributed by atoms with Crippen LogP contribution in [0.15, 0.2) is 52.2 Å². The Balaban J connectivity index is 1.74. The molecule has 0 unspecified atom stereocenters. The smallest absolute Gasteiger partial charge is 0.266 e. The number of hydrogen-bond acceptors (Lipinski definition) is 4. The monoisotopic (exact) mass is 349 g/mol. The van der Waals surface area contributed by atoms with Crippen LogP contribution in [0.4, 0.5) is 0 Å². The van der Waals surface area contributed by atoms with E-state index in [1.54, 1.807) is 16.8 Å². The second kappa shape index (κ2) is 7.70. The zero-order chi connectivity index (χ0) is 18.5. The van der Waals surface area contributed by atoms with Crippen LogP contribution in [0.3, 0.4) is 0 Å². The van der Waals surface area contributed by atoms with Crippen LogP contribution in [0.1, 0.15) is 24.5 Å². The molecule has 0 bridgehead atoms. The molecule has 3 aromatic rings. The van der Waals surface area contributed by atoms with E-state index in [0.29, 0.717) is 24.1 Å². The summed E-state index contributed by atoms with van der Waals surface area (Å²) in [6.45, 7) is 3.15. The second-order valence-corrected chi connectivity index (χ2v) is 5.95. The first-order valence-corrected chi connectivity index (χ1v) is 8.50. The SMILES string of the molecule is CCOc1ccc(CCCn2ccc3[nH]c(=O)c(C#N)cc3c2=O)cc1. The highest BCUT2D eigenvalue weighted by molar-refractivity contribution is 5.78. The van der Waals surface area contributed by atoms with Crippen molar-refractivity contribution in [2.75, 3.05) is 6.61 Å². The average molecular weight is 349 g/mol. The first-order chi connectivity index (χ1) is 12.6. The number of H-pyrrole nitrogens is 1. The molecule has 0 atom stereocenters. The first kappa shape index (κ1) is 17.5. The maximum absolute atomic E-state index is 12.6. The minimum absolute atomic E-state index is 0.0539. The van der Waals surface area contributed by atoms with Gasteiger partial charge in [-0.05, 0) is 49.6 Å². The summed E-state index contributed by atoms with van der Waals surface area (Å²) >= 11 is 0. The molecular weight excluding hydrogens is 330 g/mol. The van der Waals surface area contributed by atoms with E-state index in [-0.39, 0.29) is 11.1 Å². The Kier molecular flexibility index (Phi) is 5.18. The van der Waals surface area contributed by atoms with Gasteiger partial charge in [0.25, 0.3) is 11.1 Å². The number of aryl methyl sites for hydroxylation is 2. The van der Waals surface area contributed by atoms with Crippen LogP contribution >= 0.6 is 0 Å². The lowest BCUT2D eigenvalue weighted by Gasteiger charge is -2.08. The van der Waals surface area contributed by atoms with Crippen LogP contribution in [0, 0.1) is 11.3 Å². The molecule has 0 saturated carbocycles. The van der Waals surface area contributed by atoms with E-state index in [2.05, 4.69) is 4.98 Å². The lowest BCUT2D eigenvalue weighted by molar-refractivity contribution is 0.340. The number of ether oxygens (including phenoxy) is 1. The third kappa shape index (κ3) is 3.67. The van der Waals surface area contributed by atoms with Gasteiger partial charge in [0.1, 0.15) is 17.4 Å². The van der Waals surface area contributed by atoms with Crippen LogP contribution < -0.4 is 15.9 Å². The van der Waals surface area contributed by atoms with Gasteiger partial charge in [0.05, 0.1) is 17.5 Å². The summed E-state index contributed by atoms with van der Waals surface area (Å²) in [4.78, 5) is 26.8. The Morgan fingerprint density at radius 1 is 1.19 bits per heavy atom. The fourth-order valence-electron chi connectivity index (χ4n) is 2.87. The van der Waals surface area contributed by atoms with Crippen LogP contribution in [-0.4, -0.2) is 16.2 Å². The van der Waals surface area contributed by atoms with E-state index in [9.17, 15) is 9.59 Å². The van der Waals surface area contributed by atoms with E-state index in [1.165, 1.54) is 11.6 Å². The fourth-order valence-corrected chi connectivity index (χ4v) is 2.87. The molecule has 1 aromatic carbocycles. The van der Waals surface area contributed by atoms with E-state index in [1.807, 2.05) is 37.3 Å². The van der Waals surface area contributed by atoms with E-state index >= 15 is 0 Å². The van der Waals surface area contributed by atoms with Gasteiger partial charge in [-0.15, -0.1) is 0 Å². The summed E-state index contributed by atoms with van der Waals surface area (Å²) < 4.78 is 7.03. The lowest BCUT2D eigenvalue weighted by Crippen LogP contribution is -2.22. The van der Waals surface area contributed by atoms with Crippen molar-refractivity contribution in [3.05, 3.63) is 74.4 Å². The Morgan fingerprint density at radius 2 is 1.96 bits per heavy atom. The van der Waals surface area contributed by atoms with Gasteiger partial charge in [-0.25, -0.2) is 0 Å². The van der Waals surface area contributed by atoms with Gasteiger partial charge in [0.15, 0.2) is 0 Å². The molecular formula is C20H19N3O3. The summed E-state index contributed by atoms with van der Waals surface area (Å²) in [5, 5.41) is 9.32. The molecule has 132 valence electrons. The summed E-state index contributed by atoms with van der Waals surface area (Å²) in [5.74, 6) is 0.851. The molecule has 3 rings (SSSR count). The van der Waals surface area contributed by atoms with E-state index < -0.39 is 5.56 Å². The van der Waals surface area contributed by atoms with Gasteiger partial charge in [0, 0.05) is 12.7 Å². The molecule has 0 radical (unpaired) electrons. The predicted octanol–water partition coefficient (Wildman–Crippen LogP) is 2.59. The largest absolute Gasteiger partial charge is 0.494 e. The Bertz CT molecular complexity index is 1070. The number of pyridine rings is 2. The number of nitrogens with one attached hydrogen (secondary N) is 1. The van der Waals surface area contributed by atoms with Crippen molar-refractivity contribution < 1.29 is 4.74 Å². The third-order valence-corrected chi connectivity index (χ3v) is 4.20. The quantitative estimate of drug-likeness (QED) is 0.741. The van der Waals surface area contributed by atoms with Gasteiger partial charge in [-0.3, -0.25) is 9.59 Å². The number of nitriles is 1. The molecule has 0 aliphatic heterocycles. The number of aromatic amines is 1. The van der Waals surface area contributed by atoms with Gasteiger partial charge in [0.2, 0.25) is 0 Å². The van der Waals surface area contributed by atoms with Crippen molar-refractivity contribution in [3.63, 3.8) is 0 Å². The standard InChI is InChI=1S/C20H19N3O3/c1-2-26-16-7-5-14(6-8-16)4-3-10-23-11-9-18-17(20(23)25)12-15(13-21)19(24)22-18/h5-9,11-12H,2-4,10H2,1H3,(H,22,24). The Labute approximate surface area is 150 Å². The molecule has 2 heterocycles. The van der Waals surface area contributed by atoms with E-state index in [4.69, 9.17) is 10.00 Å². The minimum Gasteiger partial charge on any atom is -0.494 e. The van der Waals surface area contributed by atoms with Crippen LogP contribution in [0.2, 0.25) is 0 Å². The summed E-state index contributed by atoms with van der Waals surface area (Å²) in [7, 11) is 0. The minimum atomic E-state index is -0.479. The molecule has 1 N–H and O–H groups in total. The van der Waals surface area contributed by atoms with Gasteiger partial charge < -0.3 is 14.3 Å². The zero-order valence-corrected chi connectivity index (χ0v) is 14.5. The maximum Gasteiger partial charge on any atom is 0.266 e. The van der Waals surface area contributed by atoms with Crippen LogP contribution in [-0.2, 0) is 13.0 Å². The molecule has 26 heavy (non-hydrogen) atoms. The van der Waals surface area contributed by atoms with Crippen molar-refractivity contribution in [2.45, 2.75) is 26.3 Å². The second-order valence-electron chi connectivity index (χ2n) is 5.95. The molecule has 0 fully saturated rings. The van der Waals surface area contributed by atoms with Crippen molar-refractivity contribution >= 4 is 10.9 Å². The molecule has 2 aromatic heterocycles. The van der Waals surface area contributed by atoms with Crippen LogP contribution in [0.5, 0.6) is 5.75 Å². The third-order valence-electron chi connectivity index (χ3n) is 4.20. The molecule has 0 saturated heterocycles. The van der Waals surface area contributed by atoms with Gasteiger partial charge in [-0.1, -0.05) is 12.1 Å². The highest BCUT2D eigenvalue weighted by Gasteiger charge is 2.07. The van der Waals surface area contributed by atoms with E-state index in [0.717, 1.165) is 18.6 Å². The zero-order valence-electron chi connectivity index (χ0n) is 14.5. The number of benzene rings is 1. The number of aromatic nitrogens is 2. The van der Waals surface area contributed by atoms with Crippen molar-refractivity contribution in [2.24, 2.45) is 0 Å². The van der Waals surface area contributed by atoms with Gasteiger partial charge in [-0.2, -0.15) is 5.26 Å². The van der Waals surface area contributed by atoms with Crippen molar-refractivity contribution in [1.82, 2.24) is 9.55 Å². The Morgan fingerprint density at radius 3 is 2.65 bits per heavy atom. The van der Waals surface area contributed by atoms with Gasteiger partial charge >= 0.3 is 0 Å². The molecule has 0 spiro atoms. The first-order valence-electron chi connectivity index (χ1n) is 8.50. The maximum atomic E-state index is 12.6.